The molecule has 2 rings (SSSR count). The van der Waals surface area contributed by atoms with Gasteiger partial charge in [-0.2, -0.15) is 0 Å². The summed E-state index contributed by atoms with van der Waals surface area (Å²) in [5, 5.41) is 3.46. The van der Waals surface area contributed by atoms with Gasteiger partial charge in [-0.05, 0) is 17.9 Å². The molecule has 1 aromatic rings. The minimum atomic E-state index is -0.0331. The van der Waals surface area contributed by atoms with Gasteiger partial charge in [-0.25, -0.2) is 0 Å². The number of rotatable bonds is 5. The number of nitrogens with one attached hydrogen (secondary N) is 1. The van der Waals surface area contributed by atoms with Crippen molar-refractivity contribution in [3.05, 3.63) is 35.9 Å². The first-order valence-electron chi connectivity index (χ1n) is 7.28. The third-order valence-electron chi connectivity index (χ3n) is 3.98. The zero-order valence-corrected chi connectivity index (χ0v) is 12.1. The average molecular weight is 260 g/mol. The Balaban J connectivity index is 2.22. The van der Waals surface area contributed by atoms with E-state index >= 15 is 0 Å². The van der Waals surface area contributed by atoms with Gasteiger partial charge >= 0.3 is 0 Å². The molecule has 3 unspecified atom stereocenters. The van der Waals surface area contributed by atoms with Crippen LogP contribution in [0.4, 0.5) is 0 Å². The van der Waals surface area contributed by atoms with E-state index in [-0.39, 0.29) is 18.1 Å². The second-order valence-electron chi connectivity index (χ2n) is 5.44. The highest BCUT2D eigenvalue weighted by Crippen LogP contribution is 2.27. The largest absolute Gasteiger partial charge is 0.321 e. The van der Waals surface area contributed by atoms with Crippen molar-refractivity contribution < 1.29 is 4.79 Å². The van der Waals surface area contributed by atoms with E-state index in [4.69, 9.17) is 0 Å². The van der Waals surface area contributed by atoms with Crippen LogP contribution in [0.2, 0.25) is 0 Å². The Labute approximate surface area is 116 Å². The monoisotopic (exact) mass is 260 g/mol. The first-order chi connectivity index (χ1) is 9.17. The summed E-state index contributed by atoms with van der Waals surface area (Å²) in [6, 6.07) is 10.2. The highest BCUT2D eigenvalue weighted by molar-refractivity contribution is 5.84. The van der Waals surface area contributed by atoms with Crippen LogP contribution >= 0.6 is 0 Å². The van der Waals surface area contributed by atoms with Crippen LogP contribution in [0, 0.1) is 5.92 Å². The summed E-state index contributed by atoms with van der Waals surface area (Å²) in [6.45, 7) is 7.27. The standard InChI is InChI=1S/C16H24N2O/c1-4-12(3)11-18-15(13-9-7-6-8-10-13)17-14(5-2)16(18)19/h6-10,12,14-15,17H,4-5,11H2,1-3H3. The van der Waals surface area contributed by atoms with Crippen molar-refractivity contribution in [2.45, 2.75) is 45.8 Å². The number of nitrogens with zero attached hydrogens (tertiary/aromatic N) is 1. The molecule has 1 amide bonds. The number of benzene rings is 1. The van der Waals surface area contributed by atoms with E-state index in [1.54, 1.807) is 0 Å². The first kappa shape index (κ1) is 14.1. The van der Waals surface area contributed by atoms with Crippen LogP contribution in [0.25, 0.3) is 0 Å². The molecule has 1 aliphatic heterocycles. The van der Waals surface area contributed by atoms with E-state index in [0.717, 1.165) is 19.4 Å². The number of hydrogen-bond donors (Lipinski definition) is 1. The third kappa shape index (κ3) is 2.98. The number of carbonyl (C=O) groups is 1. The van der Waals surface area contributed by atoms with Crippen molar-refractivity contribution in [1.82, 2.24) is 10.2 Å². The second-order valence-corrected chi connectivity index (χ2v) is 5.44. The molecule has 3 nitrogen and oxygen atoms in total. The molecule has 0 spiro atoms. The van der Waals surface area contributed by atoms with Crippen molar-refractivity contribution in [2.24, 2.45) is 5.92 Å². The molecule has 0 bridgehead atoms. The minimum absolute atomic E-state index is 0.0331. The summed E-state index contributed by atoms with van der Waals surface area (Å²) < 4.78 is 0. The molecule has 1 saturated heterocycles. The summed E-state index contributed by atoms with van der Waals surface area (Å²) in [7, 11) is 0. The lowest BCUT2D eigenvalue weighted by Gasteiger charge is -2.27. The van der Waals surface area contributed by atoms with E-state index in [1.807, 2.05) is 23.1 Å². The van der Waals surface area contributed by atoms with Crippen molar-refractivity contribution in [1.29, 1.82) is 0 Å². The van der Waals surface area contributed by atoms with E-state index in [0.29, 0.717) is 5.92 Å². The minimum Gasteiger partial charge on any atom is -0.321 e. The topological polar surface area (TPSA) is 32.3 Å². The van der Waals surface area contributed by atoms with Crippen LogP contribution in [0.3, 0.4) is 0 Å². The molecule has 1 aromatic carbocycles. The fraction of sp³-hybridized carbons (Fsp3) is 0.562. The Hall–Kier alpha value is -1.35. The van der Waals surface area contributed by atoms with Gasteiger partial charge in [0.25, 0.3) is 0 Å². The van der Waals surface area contributed by atoms with Gasteiger partial charge in [-0.3, -0.25) is 10.1 Å². The highest BCUT2D eigenvalue weighted by atomic mass is 16.2. The lowest BCUT2D eigenvalue weighted by Crippen LogP contribution is -2.34. The summed E-state index contributed by atoms with van der Waals surface area (Å²) >= 11 is 0. The fourth-order valence-electron chi connectivity index (χ4n) is 2.54. The molecule has 1 N–H and O–H groups in total. The van der Waals surface area contributed by atoms with Crippen LogP contribution in [-0.2, 0) is 4.79 Å². The lowest BCUT2D eigenvalue weighted by molar-refractivity contribution is -0.130. The quantitative estimate of drug-likeness (QED) is 0.883. The molecule has 0 radical (unpaired) electrons. The molecule has 1 fully saturated rings. The van der Waals surface area contributed by atoms with Crippen LogP contribution in [0.15, 0.2) is 30.3 Å². The first-order valence-corrected chi connectivity index (χ1v) is 7.28. The Morgan fingerprint density at radius 2 is 1.95 bits per heavy atom. The van der Waals surface area contributed by atoms with Gasteiger partial charge in [0.2, 0.25) is 5.91 Å². The van der Waals surface area contributed by atoms with Crippen LogP contribution in [-0.4, -0.2) is 23.4 Å². The van der Waals surface area contributed by atoms with Crippen molar-refractivity contribution in [3.63, 3.8) is 0 Å². The maximum Gasteiger partial charge on any atom is 0.241 e. The predicted molar refractivity (Wildman–Crippen MR) is 77.6 cm³/mol. The van der Waals surface area contributed by atoms with E-state index in [2.05, 4.69) is 38.2 Å². The van der Waals surface area contributed by atoms with Gasteiger partial charge in [0, 0.05) is 6.54 Å². The molecule has 0 aromatic heterocycles. The van der Waals surface area contributed by atoms with E-state index in [1.165, 1.54) is 5.56 Å². The summed E-state index contributed by atoms with van der Waals surface area (Å²) in [5.41, 5.74) is 1.18. The molecule has 1 heterocycles. The molecule has 0 aliphatic carbocycles. The zero-order valence-electron chi connectivity index (χ0n) is 12.1. The Morgan fingerprint density at radius 1 is 1.26 bits per heavy atom. The van der Waals surface area contributed by atoms with Gasteiger partial charge in [-0.15, -0.1) is 0 Å². The van der Waals surface area contributed by atoms with Crippen LogP contribution in [0.5, 0.6) is 0 Å². The maximum atomic E-state index is 12.4. The summed E-state index contributed by atoms with van der Waals surface area (Å²) in [6.07, 6.45) is 1.98. The van der Waals surface area contributed by atoms with Gasteiger partial charge in [0.1, 0.15) is 6.17 Å². The Morgan fingerprint density at radius 3 is 2.53 bits per heavy atom. The number of carbonyl (C=O) groups excluding carboxylic acids is 1. The summed E-state index contributed by atoms with van der Waals surface area (Å²) in [5.74, 6) is 0.782. The Kier molecular flexibility index (Phi) is 4.59. The molecule has 1 aliphatic rings. The van der Waals surface area contributed by atoms with Crippen molar-refractivity contribution in [2.75, 3.05) is 6.54 Å². The maximum absolute atomic E-state index is 12.4. The normalized spacial score (nSPS) is 24.8. The predicted octanol–water partition coefficient (Wildman–Crippen LogP) is 2.94. The van der Waals surface area contributed by atoms with E-state index < -0.39 is 0 Å². The molecule has 104 valence electrons. The molecular formula is C16H24N2O. The van der Waals surface area contributed by atoms with Crippen LogP contribution in [0.1, 0.15) is 45.3 Å². The van der Waals surface area contributed by atoms with Gasteiger partial charge in [0.15, 0.2) is 0 Å². The molecule has 19 heavy (non-hydrogen) atoms. The number of amides is 1. The van der Waals surface area contributed by atoms with Crippen molar-refractivity contribution >= 4 is 5.91 Å². The highest BCUT2D eigenvalue weighted by Gasteiger charge is 2.38. The zero-order chi connectivity index (χ0) is 13.8. The summed E-state index contributed by atoms with van der Waals surface area (Å²) in [4.78, 5) is 14.4. The molecule has 3 atom stereocenters. The smallest absolute Gasteiger partial charge is 0.241 e. The average Bonchev–Trinajstić information content (AvgIpc) is 2.76. The third-order valence-corrected chi connectivity index (χ3v) is 3.98. The Bertz CT molecular complexity index is 418. The van der Waals surface area contributed by atoms with Crippen LogP contribution < -0.4 is 5.32 Å². The van der Waals surface area contributed by atoms with E-state index in [9.17, 15) is 4.79 Å². The van der Waals surface area contributed by atoms with Gasteiger partial charge in [0.05, 0.1) is 6.04 Å². The number of hydrogen-bond acceptors (Lipinski definition) is 2. The lowest BCUT2D eigenvalue weighted by atomic mass is 10.1. The van der Waals surface area contributed by atoms with Gasteiger partial charge < -0.3 is 4.90 Å². The molecular weight excluding hydrogens is 236 g/mol. The fourth-order valence-corrected chi connectivity index (χ4v) is 2.54. The molecule has 0 saturated carbocycles. The van der Waals surface area contributed by atoms with Crippen molar-refractivity contribution in [3.8, 4) is 0 Å². The molecule has 3 heteroatoms. The SMILES string of the molecule is CCC(C)CN1C(=O)C(CC)NC1c1ccccc1. The van der Waals surface area contributed by atoms with Gasteiger partial charge in [-0.1, -0.05) is 57.5 Å². The second kappa shape index (κ2) is 6.20.